The number of aromatic nitrogens is 3. The van der Waals surface area contributed by atoms with Crippen LogP contribution in [0.1, 0.15) is 24.8 Å². The monoisotopic (exact) mass is 406 g/mol. The molecule has 2 aromatic heterocycles. The average Bonchev–Trinajstić information content (AvgIpc) is 2.79. The van der Waals surface area contributed by atoms with E-state index >= 15 is 0 Å². The van der Waals surface area contributed by atoms with Crippen molar-refractivity contribution in [2.45, 2.75) is 25.8 Å². The van der Waals surface area contributed by atoms with Crippen molar-refractivity contribution in [2.75, 3.05) is 23.8 Å². The number of pyridine rings is 1. The van der Waals surface area contributed by atoms with Gasteiger partial charge in [-0.05, 0) is 30.5 Å². The third-order valence-electron chi connectivity index (χ3n) is 4.52. The van der Waals surface area contributed by atoms with E-state index in [0.717, 1.165) is 18.8 Å². The highest BCUT2D eigenvalue weighted by atomic mass is 16.5. The van der Waals surface area contributed by atoms with Gasteiger partial charge in [-0.15, -0.1) is 0 Å². The number of nitrogens with zero attached hydrogens (tertiary/aromatic N) is 4. The minimum atomic E-state index is -0.376. The summed E-state index contributed by atoms with van der Waals surface area (Å²) < 4.78 is 0. The van der Waals surface area contributed by atoms with Gasteiger partial charge < -0.3 is 10.2 Å². The van der Waals surface area contributed by atoms with Crippen LogP contribution in [0.3, 0.4) is 0 Å². The number of unbranched alkanes of at least 4 members (excludes halogenated alkanes) is 1. The molecule has 1 aromatic carbocycles. The van der Waals surface area contributed by atoms with E-state index < -0.39 is 0 Å². The lowest BCUT2D eigenvalue weighted by atomic mass is 10.2. The van der Waals surface area contributed by atoms with Crippen molar-refractivity contribution in [1.29, 1.82) is 0 Å². The van der Waals surface area contributed by atoms with Gasteiger partial charge in [0.25, 0.3) is 0 Å². The highest BCUT2D eigenvalue weighted by Crippen LogP contribution is 2.22. The Labute approximate surface area is 176 Å². The van der Waals surface area contributed by atoms with Crippen LogP contribution in [0.5, 0.6) is 0 Å². The van der Waals surface area contributed by atoms with Crippen molar-refractivity contribution in [1.82, 2.24) is 20.4 Å². The molecule has 0 aliphatic carbocycles. The summed E-state index contributed by atoms with van der Waals surface area (Å²) in [6, 6.07) is 17.8. The van der Waals surface area contributed by atoms with Gasteiger partial charge in [0.1, 0.15) is 17.3 Å². The standard InChI is InChI=1S/C22H26N6O2/c1-28(16-17-9-3-2-4-10-17)20-15-19(24-14-8-6-12-21(29)27-30)25-22(26-20)18-11-5-7-13-23-18/h2-5,7,9-11,13,15,30H,6,8,12,14,16H2,1H3,(H,27,29)(H,24,25,26). The highest BCUT2D eigenvalue weighted by molar-refractivity contribution is 5.74. The van der Waals surface area contributed by atoms with Crippen LogP contribution in [0.15, 0.2) is 60.8 Å². The average molecular weight is 406 g/mol. The van der Waals surface area contributed by atoms with E-state index in [2.05, 4.69) is 32.3 Å². The Morgan fingerprint density at radius 1 is 1.07 bits per heavy atom. The first-order chi connectivity index (χ1) is 14.7. The molecule has 3 rings (SSSR count). The lowest BCUT2D eigenvalue weighted by Crippen LogP contribution is -2.19. The maximum atomic E-state index is 11.1. The number of nitrogens with one attached hydrogen (secondary N) is 2. The Hall–Kier alpha value is -3.52. The first-order valence-corrected chi connectivity index (χ1v) is 9.88. The molecule has 8 heteroatoms. The van der Waals surface area contributed by atoms with E-state index in [-0.39, 0.29) is 12.3 Å². The normalized spacial score (nSPS) is 10.5. The molecule has 0 unspecified atom stereocenters. The van der Waals surface area contributed by atoms with Gasteiger partial charge in [0.15, 0.2) is 5.82 Å². The molecule has 0 atom stereocenters. The van der Waals surface area contributed by atoms with Gasteiger partial charge in [-0.3, -0.25) is 15.0 Å². The molecule has 3 N–H and O–H groups in total. The van der Waals surface area contributed by atoms with Crippen molar-refractivity contribution >= 4 is 17.5 Å². The first kappa shape index (κ1) is 21.2. The number of anilines is 2. The molecule has 3 aromatic rings. The summed E-state index contributed by atoms with van der Waals surface area (Å²) in [6.45, 7) is 1.37. The molecule has 0 saturated heterocycles. The molecule has 0 radical (unpaired) electrons. The summed E-state index contributed by atoms with van der Waals surface area (Å²) in [6.07, 6.45) is 3.44. The SMILES string of the molecule is CN(Cc1ccccc1)c1cc(NCCCCC(=O)NO)nc(-c2ccccn2)n1. The second-order valence-corrected chi connectivity index (χ2v) is 6.91. The van der Waals surface area contributed by atoms with E-state index in [4.69, 9.17) is 10.2 Å². The second-order valence-electron chi connectivity index (χ2n) is 6.91. The first-order valence-electron chi connectivity index (χ1n) is 9.88. The van der Waals surface area contributed by atoms with E-state index in [9.17, 15) is 4.79 Å². The lowest BCUT2D eigenvalue weighted by molar-refractivity contribution is -0.129. The number of rotatable bonds is 10. The minimum Gasteiger partial charge on any atom is -0.370 e. The number of hydrogen-bond acceptors (Lipinski definition) is 7. The van der Waals surface area contributed by atoms with Crippen LogP contribution in [-0.2, 0) is 11.3 Å². The molecule has 0 bridgehead atoms. The minimum absolute atomic E-state index is 0.284. The predicted octanol–water partition coefficient (Wildman–Crippen LogP) is 3.26. The molecule has 0 saturated carbocycles. The lowest BCUT2D eigenvalue weighted by Gasteiger charge is -2.20. The molecule has 1 amide bonds. The Morgan fingerprint density at radius 2 is 1.87 bits per heavy atom. The van der Waals surface area contributed by atoms with Crippen LogP contribution in [0.2, 0.25) is 0 Å². The highest BCUT2D eigenvalue weighted by Gasteiger charge is 2.11. The van der Waals surface area contributed by atoms with Crippen molar-refractivity contribution in [2.24, 2.45) is 0 Å². The topological polar surface area (TPSA) is 103 Å². The van der Waals surface area contributed by atoms with E-state index in [1.54, 1.807) is 11.7 Å². The van der Waals surface area contributed by atoms with Crippen LogP contribution in [0.4, 0.5) is 11.6 Å². The molecule has 0 aliphatic heterocycles. The number of amides is 1. The van der Waals surface area contributed by atoms with Crippen LogP contribution < -0.4 is 15.7 Å². The van der Waals surface area contributed by atoms with Crippen LogP contribution in [-0.4, -0.2) is 39.7 Å². The van der Waals surface area contributed by atoms with Crippen LogP contribution >= 0.6 is 0 Å². The summed E-state index contributed by atoms with van der Waals surface area (Å²) in [7, 11) is 1.99. The number of hydrogen-bond donors (Lipinski definition) is 3. The van der Waals surface area contributed by atoms with Gasteiger partial charge in [-0.2, -0.15) is 0 Å². The third-order valence-corrected chi connectivity index (χ3v) is 4.52. The summed E-state index contributed by atoms with van der Waals surface area (Å²) in [5, 5.41) is 11.9. The fourth-order valence-corrected chi connectivity index (χ4v) is 2.95. The van der Waals surface area contributed by atoms with Gasteiger partial charge in [0.05, 0.1) is 0 Å². The van der Waals surface area contributed by atoms with Crippen LogP contribution in [0, 0.1) is 0 Å². The fraction of sp³-hybridized carbons (Fsp3) is 0.273. The Kier molecular flexibility index (Phi) is 7.68. The summed E-state index contributed by atoms with van der Waals surface area (Å²) in [5.74, 6) is 1.67. The summed E-state index contributed by atoms with van der Waals surface area (Å²) >= 11 is 0. The molecule has 0 fully saturated rings. The van der Waals surface area contributed by atoms with Crippen molar-refractivity contribution < 1.29 is 10.0 Å². The number of benzene rings is 1. The third kappa shape index (κ3) is 6.25. The number of hydroxylamine groups is 1. The van der Waals surface area contributed by atoms with Gasteiger partial charge in [0.2, 0.25) is 5.91 Å². The molecular weight excluding hydrogens is 380 g/mol. The maximum absolute atomic E-state index is 11.1. The summed E-state index contributed by atoms with van der Waals surface area (Å²) in [5.41, 5.74) is 3.54. The van der Waals surface area contributed by atoms with Gasteiger partial charge in [-0.25, -0.2) is 15.4 Å². The van der Waals surface area contributed by atoms with E-state index in [1.165, 1.54) is 5.56 Å². The van der Waals surface area contributed by atoms with Crippen molar-refractivity contribution in [3.05, 3.63) is 66.4 Å². The van der Waals surface area contributed by atoms with Crippen molar-refractivity contribution in [3.63, 3.8) is 0 Å². The number of carbonyl (C=O) groups is 1. The zero-order valence-corrected chi connectivity index (χ0v) is 17.0. The molecular formula is C22H26N6O2. The van der Waals surface area contributed by atoms with E-state index in [0.29, 0.717) is 30.3 Å². The smallest absolute Gasteiger partial charge is 0.243 e. The fourth-order valence-electron chi connectivity index (χ4n) is 2.95. The quantitative estimate of drug-likeness (QED) is 0.270. The molecule has 156 valence electrons. The maximum Gasteiger partial charge on any atom is 0.243 e. The van der Waals surface area contributed by atoms with E-state index in [1.807, 2.05) is 49.5 Å². The molecule has 8 nitrogen and oxygen atoms in total. The van der Waals surface area contributed by atoms with Crippen LogP contribution in [0.25, 0.3) is 11.5 Å². The zero-order chi connectivity index (χ0) is 21.2. The van der Waals surface area contributed by atoms with Gasteiger partial charge >= 0.3 is 0 Å². The largest absolute Gasteiger partial charge is 0.370 e. The van der Waals surface area contributed by atoms with Gasteiger partial charge in [-0.1, -0.05) is 36.4 Å². The Morgan fingerprint density at radius 3 is 2.60 bits per heavy atom. The molecule has 30 heavy (non-hydrogen) atoms. The molecule has 0 spiro atoms. The predicted molar refractivity (Wildman–Crippen MR) is 116 cm³/mol. The second kappa shape index (κ2) is 10.9. The molecule has 2 heterocycles. The number of carbonyl (C=O) groups excluding carboxylic acids is 1. The van der Waals surface area contributed by atoms with Crippen molar-refractivity contribution in [3.8, 4) is 11.5 Å². The summed E-state index contributed by atoms with van der Waals surface area (Å²) in [4.78, 5) is 26.9. The molecule has 0 aliphatic rings. The van der Waals surface area contributed by atoms with Gasteiger partial charge in [0, 0.05) is 38.8 Å². The Balaban J connectivity index is 1.74. The zero-order valence-electron chi connectivity index (χ0n) is 17.0. The Bertz CT molecular complexity index is 937.